The van der Waals surface area contributed by atoms with Crippen molar-refractivity contribution in [2.75, 3.05) is 81.6 Å². The highest BCUT2D eigenvalue weighted by atomic mass is 32.2. The van der Waals surface area contributed by atoms with Gasteiger partial charge >= 0.3 is 41.9 Å². The van der Waals surface area contributed by atoms with E-state index in [1.807, 2.05) is 0 Å². The minimum absolute atomic E-state index is 0.00352. The van der Waals surface area contributed by atoms with Crippen LogP contribution in [0.2, 0.25) is 0 Å². The second kappa shape index (κ2) is 24.9. The predicted octanol–water partition coefficient (Wildman–Crippen LogP) is 0.281. The third kappa shape index (κ3) is 21.8. The van der Waals surface area contributed by atoms with Crippen LogP contribution in [0.5, 0.6) is 0 Å². The Kier molecular flexibility index (Phi) is 23.4. The number of alkyl carbamates (subject to hydrolysis) is 1. The second-order valence-electron chi connectivity index (χ2n) is 8.28. The van der Waals surface area contributed by atoms with Gasteiger partial charge in [-0.05, 0) is 0 Å². The molecule has 246 valence electrons. The first-order valence-electron chi connectivity index (χ1n) is 12.8. The van der Waals surface area contributed by atoms with Crippen molar-refractivity contribution in [3.05, 3.63) is 0 Å². The van der Waals surface area contributed by atoms with E-state index in [9.17, 15) is 33.6 Å². The van der Waals surface area contributed by atoms with E-state index < -0.39 is 73.8 Å². The summed E-state index contributed by atoms with van der Waals surface area (Å²) in [5, 5.41) is 2.36. The van der Waals surface area contributed by atoms with Gasteiger partial charge in [-0.15, -0.1) is 11.8 Å². The molecule has 19 heteroatoms. The maximum absolute atomic E-state index is 12.3. The molecule has 0 aromatic heterocycles. The van der Waals surface area contributed by atoms with Crippen LogP contribution in [0.3, 0.4) is 0 Å². The van der Waals surface area contributed by atoms with E-state index in [0.29, 0.717) is 0 Å². The van der Waals surface area contributed by atoms with Crippen LogP contribution in [-0.2, 0) is 61.9 Å². The minimum Gasteiger partial charge on any atom is -0.464 e. The zero-order valence-electron chi connectivity index (χ0n) is 23.6. The largest absolute Gasteiger partial charge is 0.464 e. The fourth-order valence-electron chi connectivity index (χ4n) is 2.51. The summed E-state index contributed by atoms with van der Waals surface area (Å²) in [5.74, 6) is -4.47. The summed E-state index contributed by atoms with van der Waals surface area (Å²) >= 11 is 12.6. The smallest absolute Gasteiger partial charge is 0.407 e. The van der Waals surface area contributed by atoms with E-state index in [-0.39, 0.29) is 68.0 Å². The second-order valence-corrected chi connectivity index (χ2v) is 10.3. The Balaban J connectivity index is 4.55. The molecule has 0 aliphatic carbocycles. The fourth-order valence-corrected chi connectivity index (χ4v) is 3.49. The number of carbonyl (C=O) groups is 7. The number of carbonyl (C=O) groups excluding carboxylic acids is 7. The summed E-state index contributed by atoms with van der Waals surface area (Å²) in [7, 11) is 0. The normalized spacial score (nSPS) is 10.6. The van der Waals surface area contributed by atoms with E-state index in [0.717, 1.165) is 11.8 Å². The number of rotatable bonds is 23. The Bertz CT molecular complexity index is 870. The Morgan fingerprint density at radius 2 is 1.07 bits per heavy atom. The summed E-state index contributed by atoms with van der Waals surface area (Å²) in [6.45, 7) is -0.350. The van der Waals surface area contributed by atoms with Gasteiger partial charge in [0.05, 0.1) is 36.0 Å². The maximum Gasteiger partial charge on any atom is 0.407 e. The van der Waals surface area contributed by atoms with Crippen LogP contribution in [0.1, 0.15) is 19.8 Å². The van der Waals surface area contributed by atoms with Crippen LogP contribution in [-0.4, -0.2) is 123 Å². The zero-order valence-corrected chi connectivity index (χ0v) is 27.1. The SMILES string of the molecule is CCC(=O)OCCOC(=O)NCCOC(=O)CCSCC(=O)OCC(COC(=O)CS)(COC(=O)CS)COC(=O)CS. The van der Waals surface area contributed by atoms with E-state index in [1.165, 1.54) is 0 Å². The first-order valence-corrected chi connectivity index (χ1v) is 15.8. The van der Waals surface area contributed by atoms with Crippen LogP contribution < -0.4 is 5.32 Å². The standard InChI is InChI=1S/C24H37NO14S4/c1-2-17(26)34-6-7-35-23(32)25-4-5-33-18(27)3-8-43-12-22(31)39-16-24(13-36-19(28)9-40,14-37-20(29)10-41)15-38-21(30)11-42/h40-42H,2-16H2,1H3,(H,25,32). The molecule has 0 unspecified atom stereocenters. The van der Waals surface area contributed by atoms with Crippen molar-refractivity contribution >= 4 is 91.6 Å². The molecule has 0 fully saturated rings. The number of esters is 6. The lowest BCUT2D eigenvalue weighted by Gasteiger charge is -2.31. The van der Waals surface area contributed by atoms with E-state index >= 15 is 0 Å². The molecule has 0 aliphatic heterocycles. The van der Waals surface area contributed by atoms with E-state index in [1.54, 1.807) is 6.92 Å². The third-order valence-electron chi connectivity index (χ3n) is 4.72. The third-order valence-corrected chi connectivity index (χ3v) is 6.42. The van der Waals surface area contributed by atoms with Gasteiger partial charge in [0.1, 0.15) is 51.7 Å². The Morgan fingerprint density at radius 1 is 0.605 bits per heavy atom. The lowest BCUT2D eigenvalue weighted by atomic mass is 9.92. The molecule has 43 heavy (non-hydrogen) atoms. The Labute approximate surface area is 269 Å². The van der Waals surface area contributed by atoms with Gasteiger partial charge in [0.15, 0.2) is 0 Å². The van der Waals surface area contributed by atoms with Crippen molar-refractivity contribution in [2.24, 2.45) is 5.41 Å². The molecule has 0 aromatic carbocycles. The van der Waals surface area contributed by atoms with Crippen molar-refractivity contribution < 1.29 is 66.7 Å². The van der Waals surface area contributed by atoms with E-state index in [2.05, 4.69) is 43.2 Å². The molecule has 0 saturated carbocycles. The first kappa shape index (κ1) is 40.5. The zero-order chi connectivity index (χ0) is 32.5. The topological polar surface area (TPSA) is 196 Å². The molecule has 0 spiro atoms. The van der Waals surface area contributed by atoms with Crippen LogP contribution in [0.15, 0.2) is 0 Å². The van der Waals surface area contributed by atoms with Gasteiger partial charge in [-0.1, -0.05) is 6.92 Å². The number of thiol groups is 3. The highest BCUT2D eigenvalue weighted by Gasteiger charge is 2.37. The van der Waals surface area contributed by atoms with Gasteiger partial charge in [-0.3, -0.25) is 28.8 Å². The average Bonchev–Trinajstić information content (AvgIpc) is 3.01. The molecule has 0 atom stereocenters. The summed E-state index contributed by atoms with van der Waals surface area (Å²) in [5.41, 5.74) is -1.41. The van der Waals surface area contributed by atoms with Crippen LogP contribution in [0.4, 0.5) is 4.79 Å². The molecular weight excluding hydrogens is 655 g/mol. The molecule has 0 rings (SSSR count). The van der Waals surface area contributed by atoms with Gasteiger partial charge in [-0.2, -0.15) is 37.9 Å². The molecule has 0 saturated heterocycles. The maximum atomic E-state index is 12.3. The first-order chi connectivity index (χ1) is 20.5. The highest BCUT2D eigenvalue weighted by Crippen LogP contribution is 2.22. The van der Waals surface area contributed by atoms with Crippen molar-refractivity contribution in [1.29, 1.82) is 0 Å². The number of hydrogen-bond donors (Lipinski definition) is 4. The molecule has 1 amide bonds. The van der Waals surface area contributed by atoms with Gasteiger partial charge in [0, 0.05) is 12.2 Å². The lowest BCUT2D eigenvalue weighted by molar-refractivity contribution is -0.167. The van der Waals surface area contributed by atoms with Gasteiger partial charge in [0.25, 0.3) is 0 Å². The van der Waals surface area contributed by atoms with E-state index in [4.69, 9.17) is 33.2 Å². The molecule has 0 bridgehead atoms. The average molecular weight is 692 g/mol. The highest BCUT2D eigenvalue weighted by molar-refractivity contribution is 7.99. The van der Waals surface area contributed by atoms with Gasteiger partial charge in [-0.25, -0.2) is 4.79 Å². The molecule has 0 heterocycles. The Morgan fingerprint density at radius 3 is 1.56 bits per heavy atom. The van der Waals surface area contributed by atoms with Crippen molar-refractivity contribution in [3.63, 3.8) is 0 Å². The monoisotopic (exact) mass is 691 g/mol. The lowest BCUT2D eigenvalue weighted by Crippen LogP contribution is -2.44. The summed E-state index contributed by atoms with van der Waals surface area (Å²) in [6.07, 6.45) is -0.582. The summed E-state index contributed by atoms with van der Waals surface area (Å²) in [4.78, 5) is 81.7. The van der Waals surface area contributed by atoms with Crippen LogP contribution in [0.25, 0.3) is 0 Å². The number of nitrogens with one attached hydrogen (secondary N) is 1. The number of hydrogen-bond acceptors (Lipinski definition) is 18. The van der Waals surface area contributed by atoms with Crippen molar-refractivity contribution in [1.82, 2.24) is 5.32 Å². The Hall–Kier alpha value is -2.51. The summed E-state index contributed by atoms with van der Waals surface area (Å²) in [6, 6.07) is 0. The minimum atomic E-state index is -1.41. The van der Waals surface area contributed by atoms with Gasteiger partial charge in [0.2, 0.25) is 0 Å². The number of thioether (sulfide) groups is 1. The summed E-state index contributed by atoms with van der Waals surface area (Å²) < 4.78 is 35.1. The molecule has 0 aliphatic rings. The molecule has 0 aromatic rings. The molecule has 1 N–H and O–H groups in total. The predicted molar refractivity (Wildman–Crippen MR) is 161 cm³/mol. The number of amides is 1. The fraction of sp³-hybridized carbons (Fsp3) is 0.708. The van der Waals surface area contributed by atoms with Crippen LogP contribution in [0, 0.1) is 5.41 Å². The van der Waals surface area contributed by atoms with Crippen LogP contribution >= 0.6 is 49.6 Å². The molecule has 0 radical (unpaired) electrons. The number of ether oxygens (including phenoxy) is 7. The van der Waals surface area contributed by atoms with Crippen molar-refractivity contribution in [2.45, 2.75) is 19.8 Å². The van der Waals surface area contributed by atoms with Gasteiger partial charge < -0.3 is 38.5 Å². The molecular formula is C24H37NO14S4. The van der Waals surface area contributed by atoms with Crippen molar-refractivity contribution in [3.8, 4) is 0 Å². The quantitative estimate of drug-likeness (QED) is 0.0493. The molecule has 15 nitrogen and oxygen atoms in total.